The number of hydrogen-bond acceptors (Lipinski definition) is 4. The number of carbonyl (C=O) groups excluding carboxylic acids is 2. The first-order valence-electron chi connectivity index (χ1n) is 8.44. The summed E-state index contributed by atoms with van der Waals surface area (Å²) in [6.07, 6.45) is 3.21. The molecule has 0 bridgehead atoms. The molecule has 3 aromatic rings. The maximum Gasteiger partial charge on any atom is 0.289 e. The smallest absolute Gasteiger partial charge is 0.289 e. The number of nitrogens with one attached hydrogen (secondary N) is 1. The van der Waals surface area contributed by atoms with Gasteiger partial charge in [0.25, 0.3) is 11.8 Å². The topological polar surface area (TPSA) is 78.8 Å². The molecule has 1 saturated heterocycles. The molecule has 0 spiro atoms. The number of ether oxygens (including phenoxy) is 1. The number of benzene rings is 1. The van der Waals surface area contributed by atoms with E-state index in [1.165, 1.54) is 6.26 Å². The number of amides is 2. The van der Waals surface area contributed by atoms with Crippen molar-refractivity contribution in [1.82, 2.24) is 14.8 Å². The van der Waals surface area contributed by atoms with Gasteiger partial charge in [-0.05, 0) is 24.3 Å². The number of carbonyl (C=O) groups is 2. The Balaban J connectivity index is 1.46. The molecule has 3 heterocycles. The monoisotopic (exact) mass is 353 g/mol. The summed E-state index contributed by atoms with van der Waals surface area (Å²) in [6, 6.07) is 8.94. The van der Waals surface area contributed by atoms with Gasteiger partial charge in [0.1, 0.15) is 5.75 Å². The molecule has 1 aromatic carbocycles. The third-order valence-electron chi connectivity index (χ3n) is 4.71. The van der Waals surface area contributed by atoms with E-state index < -0.39 is 0 Å². The van der Waals surface area contributed by atoms with E-state index in [2.05, 4.69) is 4.98 Å². The Labute approximate surface area is 150 Å². The lowest BCUT2D eigenvalue weighted by atomic mass is 10.1. The molecule has 0 aliphatic carbocycles. The van der Waals surface area contributed by atoms with E-state index in [0.29, 0.717) is 37.5 Å². The summed E-state index contributed by atoms with van der Waals surface area (Å²) in [4.78, 5) is 31.8. The van der Waals surface area contributed by atoms with Gasteiger partial charge in [-0.25, -0.2) is 0 Å². The van der Waals surface area contributed by atoms with Crippen molar-refractivity contribution in [2.24, 2.45) is 0 Å². The van der Waals surface area contributed by atoms with Crippen LogP contribution in [0.25, 0.3) is 10.9 Å². The van der Waals surface area contributed by atoms with E-state index in [-0.39, 0.29) is 11.8 Å². The van der Waals surface area contributed by atoms with E-state index in [1.807, 2.05) is 18.2 Å². The molecule has 7 nitrogen and oxygen atoms in total. The van der Waals surface area contributed by atoms with E-state index in [1.54, 1.807) is 35.2 Å². The number of nitrogens with zero attached hydrogens (tertiary/aromatic N) is 2. The summed E-state index contributed by atoms with van der Waals surface area (Å²) in [6.45, 7) is 1.96. The Kier molecular flexibility index (Phi) is 4.12. The molecular formula is C19H19N3O4. The summed E-state index contributed by atoms with van der Waals surface area (Å²) >= 11 is 0. The Hall–Kier alpha value is -3.22. The van der Waals surface area contributed by atoms with Crippen molar-refractivity contribution in [3.05, 3.63) is 54.1 Å². The van der Waals surface area contributed by atoms with E-state index in [4.69, 9.17) is 9.15 Å². The molecule has 2 aromatic heterocycles. The fourth-order valence-corrected chi connectivity index (χ4v) is 3.25. The maximum atomic E-state index is 12.9. The van der Waals surface area contributed by atoms with Gasteiger partial charge in [0, 0.05) is 49.3 Å². The van der Waals surface area contributed by atoms with Crippen LogP contribution in [0.15, 0.2) is 47.2 Å². The number of rotatable bonds is 3. The van der Waals surface area contributed by atoms with Crippen LogP contribution >= 0.6 is 0 Å². The number of aromatic amines is 1. The second-order valence-electron chi connectivity index (χ2n) is 6.18. The molecule has 1 aliphatic rings. The number of piperazine rings is 1. The van der Waals surface area contributed by atoms with Crippen molar-refractivity contribution >= 4 is 22.7 Å². The molecular weight excluding hydrogens is 334 g/mol. The number of aromatic nitrogens is 1. The van der Waals surface area contributed by atoms with Crippen LogP contribution in [0.3, 0.4) is 0 Å². The van der Waals surface area contributed by atoms with Gasteiger partial charge >= 0.3 is 0 Å². The number of fused-ring (bicyclic) bond motifs is 1. The summed E-state index contributed by atoms with van der Waals surface area (Å²) in [5.41, 5.74) is 1.49. The van der Waals surface area contributed by atoms with Crippen LogP contribution in [0.4, 0.5) is 0 Å². The highest BCUT2D eigenvalue weighted by atomic mass is 16.5. The Bertz CT molecular complexity index is 937. The first-order valence-corrected chi connectivity index (χ1v) is 8.44. The zero-order chi connectivity index (χ0) is 18.1. The van der Waals surface area contributed by atoms with Gasteiger partial charge in [-0.2, -0.15) is 0 Å². The molecule has 4 rings (SSSR count). The van der Waals surface area contributed by atoms with Crippen molar-refractivity contribution in [1.29, 1.82) is 0 Å². The van der Waals surface area contributed by atoms with E-state index in [0.717, 1.165) is 16.7 Å². The highest BCUT2D eigenvalue weighted by Gasteiger charge is 2.27. The molecule has 134 valence electrons. The van der Waals surface area contributed by atoms with Gasteiger partial charge in [0.2, 0.25) is 0 Å². The van der Waals surface area contributed by atoms with Crippen LogP contribution in [0.5, 0.6) is 5.75 Å². The molecule has 0 unspecified atom stereocenters. The van der Waals surface area contributed by atoms with Gasteiger partial charge in [-0.15, -0.1) is 0 Å². The Morgan fingerprint density at radius 3 is 2.46 bits per heavy atom. The van der Waals surface area contributed by atoms with E-state index in [9.17, 15) is 9.59 Å². The largest absolute Gasteiger partial charge is 0.497 e. The van der Waals surface area contributed by atoms with Crippen molar-refractivity contribution in [3.63, 3.8) is 0 Å². The Morgan fingerprint density at radius 2 is 1.81 bits per heavy atom. The zero-order valence-electron chi connectivity index (χ0n) is 14.4. The molecule has 0 radical (unpaired) electrons. The lowest BCUT2D eigenvalue weighted by Gasteiger charge is -2.34. The molecule has 0 atom stereocenters. The predicted molar refractivity (Wildman–Crippen MR) is 95.4 cm³/mol. The van der Waals surface area contributed by atoms with Gasteiger partial charge in [-0.1, -0.05) is 0 Å². The third kappa shape index (κ3) is 2.81. The molecule has 1 fully saturated rings. The highest BCUT2D eigenvalue weighted by molar-refractivity contribution is 6.07. The minimum Gasteiger partial charge on any atom is -0.497 e. The number of H-pyrrole nitrogens is 1. The van der Waals surface area contributed by atoms with Crippen LogP contribution in [-0.4, -0.2) is 59.9 Å². The third-order valence-corrected chi connectivity index (χ3v) is 4.71. The van der Waals surface area contributed by atoms with Gasteiger partial charge in [-0.3, -0.25) is 9.59 Å². The van der Waals surface area contributed by atoms with Gasteiger partial charge in [0.15, 0.2) is 5.76 Å². The fourth-order valence-electron chi connectivity index (χ4n) is 3.25. The first kappa shape index (κ1) is 16.3. The van der Waals surface area contributed by atoms with E-state index >= 15 is 0 Å². The second-order valence-corrected chi connectivity index (χ2v) is 6.18. The molecule has 1 aliphatic heterocycles. The minimum atomic E-state index is -0.138. The summed E-state index contributed by atoms with van der Waals surface area (Å²) in [5, 5.41) is 0.866. The molecule has 2 amide bonds. The standard InChI is InChI=1S/C19H19N3O4/c1-25-13-4-5-14-15(12-20-16(14)11-13)18(23)21-6-8-22(9-7-21)19(24)17-3-2-10-26-17/h2-5,10-12,20H,6-9H2,1H3. The van der Waals surface area contributed by atoms with Crippen LogP contribution in [0.2, 0.25) is 0 Å². The molecule has 1 N–H and O–H groups in total. The van der Waals surface area contributed by atoms with Crippen molar-refractivity contribution in [2.75, 3.05) is 33.3 Å². The summed E-state index contributed by atoms with van der Waals surface area (Å²) in [7, 11) is 1.61. The van der Waals surface area contributed by atoms with Gasteiger partial charge in [0.05, 0.1) is 18.9 Å². The SMILES string of the molecule is COc1ccc2c(C(=O)N3CCN(C(=O)c4ccco4)CC3)c[nH]c2c1. The molecule has 26 heavy (non-hydrogen) atoms. The summed E-state index contributed by atoms with van der Waals surface area (Å²) < 4.78 is 10.4. The average molecular weight is 353 g/mol. The van der Waals surface area contributed by atoms with Crippen LogP contribution in [-0.2, 0) is 0 Å². The summed E-state index contributed by atoms with van der Waals surface area (Å²) in [5.74, 6) is 0.895. The highest BCUT2D eigenvalue weighted by Crippen LogP contribution is 2.24. The zero-order valence-corrected chi connectivity index (χ0v) is 14.4. The quantitative estimate of drug-likeness (QED) is 0.784. The lowest BCUT2D eigenvalue weighted by molar-refractivity contribution is 0.0519. The van der Waals surface area contributed by atoms with Crippen molar-refractivity contribution < 1.29 is 18.7 Å². The average Bonchev–Trinajstić information content (AvgIpc) is 3.36. The van der Waals surface area contributed by atoms with Gasteiger partial charge < -0.3 is 23.9 Å². The molecule has 0 saturated carbocycles. The number of furan rings is 1. The lowest BCUT2D eigenvalue weighted by Crippen LogP contribution is -2.50. The fraction of sp³-hybridized carbons (Fsp3) is 0.263. The van der Waals surface area contributed by atoms with Crippen LogP contribution in [0, 0.1) is 0 Å². The van der Waals surface area contributed by atoms with Crippen molar-refractivity contribution in [3.8, 4) is 5.75 Å². The predicted octanol–water partition coefficient (Wildman–Crippen LogP) is 2.37. The van der Waals surface area contributed by atoms with Crippen LogP contribution < -0.4 is 4.74 Å². The molecule has 7 heteroatoms. The second kappa shape index (κ2) is 6.59. The Morgan fingerprint density at radius 1 is 1.08 bits per heavy atom. The first-order chi connectivity index (χ1) is 12.7. The number of methoxy groups -OCH3 is 1. The van der Waals surface area contributed by atoms with Crippen molar-refractivity contribution in [2.45, 2.75) is 0 Å². The van der Waals surface area contributed by atoms with Crippen LogP contribution in [0.1, 0.15) is 20.9 Å². The maximum absolute atomic E-state index is 12.9. The normalized spacial score (nSPS) is 14.7. The number of hydrogen-bond donors (Lipinski definition) is 1. The minimum absolute atomic E-state index is 0.0356.